The van der Waals surface area contributed by atoms with Crippen molar-refractivity contribution in [1.29, 1.82) is 0 Å². The fourth-order valence-electron chi connectivity index (χ4n) is 3.30. The van der Waals surface area contributed by atoms with Crippen molar-refractivity contribution in [3.05, 3.63) is 89.5 Å². The van der Waals surface area contributed by atoms with Gasteiger partial charge in [0.1, 0.15) is 5.58 Å². The number of halogens is 1. The largest absolute Gasteiger partial charge is 0.454 e. The number of furan rings is 1. The maximum absolute atomic E-state index is 5.93. The quantitative estimate of drug-likeness (QED) is 0.325. The van der Waals surface area contributed by atoms with E-state index >= 15 is 0 Å². The third-order valence-corrected chi connectivity index (χ3v) is 5.06. The highest BCUT2D eigenvalue weighted by molar-refractivity contribution is 9.10. The minimum absolute atomic E-state index is 0.915. The number of nitrogens with zero attached hydrogens (tertiary/aromatic N) is 1. The topological polar surface area (TPSA) is 18.1 Å². The molecule has 0 spiro atoms. The summed E-state index contributed by atoms with van der Waals surface area (Å²) in [6.45, 7) is 0. The maximum Gasteiger partial charge on any atom is 0.153 e. The molecule has 0 aliphatic heterocycles. The van der Waals surface area contributed by atoms with Crippen LogP contribution in [0.2, 0.25) is 0 Å². The third kappa shape index (κ3) is 2.39. The standard InChI is InChI=1S/C22H14BrNO/c23-17-9-5-15(6-10-17)16-7-11-18(12-8-16)24-14-13-21-22(24)19-3-1-2-4-20(19)25-21/h1-14H. The summed E-state index contributed by atoms with van der Waals surface area (Å²) in [6.07, 6.45) is 2.06. The van der Waals surface area contributed by atoms with Crippen molar-refractivity contribution >= 4 is 38.0 Å². The van der Waals surface area contributed by atoms with Gasteiger partial charge >= 0.3 is 0 Å². The summed E-state index contributed by atoms with van der Waals surface area (Å²) in [6, 6.07) is 27.2. The summed E-state index contributed by atoms with van der Waals surface area (Å²) in [5.41, 5.74) is 6.50. The second kappa shape index (κ2) is 5.64. The van der Waals surface area contributed by atoms with Gasteiger partial charge < -0.3 is 8.98 Å². The van der Waals surface area contributed by atoms with E-state index in [-0.39, 0.29) is 0 Å². The van der Waals surface area contributed by atoms with Crippen molar-refractivity contribution in [2.75, 3.05) is 0 Å². The SMILES string of the molecule is Brc1ccc(-c2ccc(-n3ccc4oc5ccccc5c43)cc2)cc1. The minimum atomic E-state index is 0.915. The molecule has 0 N–H and O–H groups in total. The molecule has 0 unspecified atom stereocenters. The second-order valence-corrected chi connectivity index (χ2v) is 6.97. The molecule has 0 amide bonds. The molecule has 0 aliphatic carbocycles. The molecule has 0 atom stereocenters. The van der Waals surface area contributed by atoms with Gasteiger partial charge in [0.25, 0.3) is 0 Å². The summed E-state index contributed by atoms with van der Waals surface area (Å²) in [5, 5.41) is 1.14. The smallest absolute Gasteiger partial charge is 0.153 e. The lowest BCUT2D eigenvalue weighted by molar-refractivity contribution is 0.669. The average molecular weight is 388 g/mol. The normalized spacial score (nSPS) is 11.4. The van der Waals surface area contributed by atoms with Crippen LogP contribution in [0.1, 0.15) is 0 Å². The zero-order chi connectivity index (χ0) is 16.8. The predicted octanol–water partition coefficient (Wildman–Crippen LogP) is 6.81. The highest BCUT2D eigenvalue weighted by Gasteiger charge is 2.12. The van der Waals surface area contributed by atoms with E-state index in [1.165, 1.54) is 11.1 Å². The number of para-hydroxylation sites is 1. The van der Waals surface area contributed by atoms with Crippen molar-refractivity contribution in [2.24, 2.45) is 0 Å². The van der Waals surface area contributed by atoms with Crippen molar-refractivity contribution in [3.63, 3.8) is 0 Å². The van der Waals surface area contributed by atoms with Gasteiger partial charge in [0.2, 0.25) is 0 Å². The van der Waals surface area contributed by atoms with Crippen LogP contribution in [0.15, 0.2) is 93.9 Å². The first-order valence-corrected chi connectivity index (χ1v) is 8.94. The highest BCUT2D eigenvalue weighted by Crippen LogP contribution is 2.32. The Morgan fingerprint density at radius 1 is 0.680 bits per heavy atom. The molecular weight excluding hydrogens is 374 g/mol. The molecule has 25 heavy (non-hydrogen) atoms. The van der Waals surface area contributed by atoms with Crippen LogP contribution in [0.4, 0.5) is 0 Å². The summed E-state index contributed by atoms with van der Waals surface area (Å²) in [5.74, 6) is 0. The zero-order valence-electron chi connectivity index (χ0n) is 13.3. The molecule has 3 aromatic carbocycles. The van der Waals surface area contributed by atoms with Crippen LogP contribution < -0.4 is 0 Å². The molecule has 2 aromatic heterocycles. The molecule has 0 bridgehead atoms. The number of hydrogen-bond donors (Lipinski definition) is 0. The summed E-state index contributed by atoms with van der Waals surface area (Å²) >= 11 is 3.48. The Hall–Kier alpha value is -2.78. The van der Waals surface area contributed by atoms with Crippen molar-refractivity contribution in [3.8, 4) is 16.8 Å². The van der Waals surface area contributed by atoms with E-state index < -0.39 is 0 Å². The fraction of sp³-hybridized carbons (Fsp3) is 0. The van der Waals surface area contributed by atoms with Gasteiger partial charge in [-0.2, -0.15) is 0 Å². The molecule has 0 aliphatic rings. The van der Waals surface area contributed by atoms with Crippen molar-refractivity contribution < 1.29 is 4.42 Å². The summed E-state index contributed by atoms with van der Waals surface area (Å²) < 4.78 is 9.21. The molecule has 5 rings (SSSR count). The summed E-state index contributed by atoms with van der Waals surface area (Å²) in [7, 11) is 0. The van der Waals surface area contributed by atoms with Crippen LogP contribution >= 0.6 is 15.9 Å². The lowest BCUT2D eigenvalue weighted by Gasteiger charge is -2.07. The Morgan fingerprint density at radius 2 is 1.36 bits per heavy atom. The first-order valence-electron chi connectivity index (χ1n) is 8.14. The molecule has 0 radical (unpaired) electrons. The molecular formula is C22H14BrNO. The van der Waals surface area contributed by atoms with Crippen LogP contribution in [0, 0.1) is 0 Å². The maximum atomic E-state index is 5.93. The van der Waals surface area contributed by atoms with Crippen LogP contribution in [0.25, 0.3) is 38.9 Å². The van der Waals surface area contributed by atoms with Crippen molar-refractivity contribution in [1.82, 2.24) is 4.57 Å². The molecule has 120 valence electrons. The molecule has 0 saturated heterocycles. The van der Waals surface area contributed by atoms with E-state index in [1.54, 1.807) is 0 Å². The third-order valence-electron chi connectivity index (χ3n) is 4.53. The van der Waals surface area contributed by atoms with E-state index in [1.807, 2.05) is 24.3 Å². The summed E-state index contributed by atoms with van der Waals surface area (Å²) in [4.78, 5) is 0. The number of hydrogen-bond acceptors (Lipinski definition) is 1. The molecule has 0 fully saturated rings. The Balaban J connectivity index is 1.62. The van der Waals surface area contributed by atoms with Gasteiger partial charge in [0, 0.05) is 21.7 Å². The minimum Gasteiger partial charge on any atom is -0.454 e. The van der Waals surface area contributed by atoms with Crippen LogP contribution in [0.3, 0.4) is 0 Å². The van der Waals surface area contributed by atoms with Gasteiger partial charge in [-0.1, -0.05) is 52.3 Å². The van der Waals surface area contributed by atoms with E-state index in [9.17, 15) is 0 Å². The molecule has 2 nitrogen and oxygen atoms in total. The number of fused-ring (bicyclic) bond motifs is 3. The lowest BCUT2D eigenvalue weighted by atomic mass is 10.1. The van der Waals surface area contributed by atoms with E-state index in [4.69, 9.17) is 4.42 Å². The Bertz CT molecular complexity index is 1180. The van der Waals surface area contributed by atoms with E-state index in [2.05, 4.69) is 81.3 Å². The predicted molar refractivity (Wildman–Crippen MR) is 106 cm³/mol. The Labute approximate surface area is 153 Å². The van der Waals surface area contributed by atoms with Gasteiger partial charge in [0.15, 0.2) is 5.58 Å². The molecule has 3 heteroatoms. The van der Waals surface area contributed by atoms with Gasteiger partial charge in [0.05, 0.1) is 5.52 Å². The van der Waals surface area contributed by atoms with Crippen molar-refractivity contribution in [2.45, 2.75) is 0 Å². The van der Waals surface area contributed by atoms with Gasteiger partial charge in [-0.3, -0.25) is 0 Å². The van der Waals surface area contributed by atoms with Crippen LogP contribution in [-0.2, 0) is 0 Å². The number of aromatic nitrogens is 1. The van der Waals surface area contributed by atoms with Gasteiger partial charge in [-0.05, 0) is 53.6 Å². The van der Waals surface area contributed by atoms with E-state index in [0.29, 0.717) is 0 Å². The van der Waals surface area contributed by atoms with Crippen LogP contribution in [0.5, 0.6) is 0 Å². The first kappa shape index (κ1) is 14.6. The lowest BCUT2D eigenvalue weighted by Crippen LogP contribution is -1.91. The number of rotatable bonds is 2. The zero-order valence-corrected chi connectivity index (χ0v) is 14.9. The van der Waals surface area contributed by atoms with E-state index in [0.717, 1.165) is 32.2 Å². The van der Waals surface area contributed by atoms with Gasteiger partial charge in [-0.15, -0.1) is 0 Å². The Morgan fingerprint density at radius 3 is 2.12 bits per heavy atom. The monoisotopic (exact) mass is 387 g/mol. The van der Waals surface area contributed by atoms with Crippen LogP contribution in [-0.4, -0.2) is 4.57 Å². The molecule has 2 heterocycles. The first-order chi connectivity index (χ1) is 12.3. The number of benzene rings is 3. The Kier molecular flexibility index (Phi) is 3.28. The second-order valence-electron chi connectivity index (χ2n) is 6.05. The molecule has 5 aromatic rings. The van der Waals surface area contributed by atoms with Gasteiger partial charge in [-0.25, -0.2) is 0 Å². The molecule has 0 saturated carbocycles. The average Bonchev–Trinajstić information content (AvgIpc) is 3.22. The highest BCUT2D eigenvalue weighted by atomic mass is 79.9. The fourth-order valence-corrected chi connectivity index (χ4v) is 3.57.